The van der Waals surface area contributed by atoms with Gasteiger partial charge in [0.25, 0.3) is 0 Å². The van der Waals surface area contributed by atoms with E-state index >= 15 is 0 Å². The fourth-order valence-electron chi connectivity index (χ4n) is 2.36. The summed E-state index contributed by atoms with van der Waals surface area (Å²) in [5, 5.41) is 3.02. The molecular weight excluding hydrogens is 446 g/mol. The van der Waals surface area contributed by atoms with Crippen LogP contribution >= 0.6 is 24.0 Å². The van der Waals surface area contributed by atoms with Crippen molar-refractivity contribution >= 4 is 45.6 Å². The lowest BCUT2D eigenvalue weighted by Crippen LogP contribution is -2.44. The molecule has 1 fully saturated rings. The summed E-state index contributed by atoms with van der Waals surface area (Å²) in [5.74, 6) is -0.220. The molecule has 0 amide bonds. The van der Waals surface area contributed by atoms with Crippen molar-refractivity contribution in [3.05, 3.63) is 29.6 Å². The van der Waals surface area contributed by atoms with E-state index in [1.165, 1.54) is 12.1 Å². The molecular formula is C15H24FIN4O2S. The molecule has 2 rings (SSSR count). The van der Waals surface area contributed by atoms with Gasteiger partial charge in [0.1, 0.15) is 5.82 Å². The summed E-state index contributed by atoms with van der Waals surface area (Å²) in [6, 6.07) is 4.45. The van der Waals surface area contributed by atoms with Crippen molar-refractivity contribution in [3.63, 3.8) is 0 Å². The summed E-state index contributed by atoms with van der Waals surface area (Å²) in [7, 11) is -3.39. The van der Waals surface area contributed by atoms with Gasteiger partial charge in [-0.05, 0) is 44.9 Å². The third-order valence-corrected chi connectivity index (χ3v) is 5.17. The first-order valence-corrected chi connectivity index (χ1v) is 9.06. The minimum Gasteiger partial charge on any atom is -0.370 e. The van der Waals surface area contributed by atoms with Gasteiger partial charge in [0, 0.05) is 12.1 Å². The lowest BCUT2D eigenvalue weighted by molar-refractivity contribution is 0.508. The van der Waals surface area contributed by atoms with Gasteiger partial charge in [-0.3, -0.25) is 4.31 Å². The van der Waals surface area contributed by atoms with E-state index in [1.54, 1.807) is 6.07 Å². The number of rotatable bonds is 3. The number of aliphatic imine (C=N–C) groups is 1. The molecule has 9 heteroatoms. The molecule has 1 aliphatic rings. The fraction of sp³-hybridized carbons (Fsp3) is 0.533. The Labute approximate surface area is 159 Å². The van der Waals surface area contributed by atoms with Crippen LogP contribution in [-0.2, 0) is 16.6 Å². The van der Waals surface area contributed by atoms with Crippen LogP contribution < -0.4 is 15.4 Å². The summed E-state index contributed by atoms with van der Waals surface area (Å²) >= 11 is 0. The largest absolute Gasteiger partial charge is 0.370 e. The quantitative estimate of drug-likeness (QED) is 0.403. The predicted octanol–water partition coefficient (Wildman–Crippen LogP) is 2.19. The minimum absolute atomic E-state index is 0. The minimum atomic E-state index is -3.39. The number of nitrogens with two attached hydrogens (primary N) is 1. The number of anilines is 1. The molecule has 1 heterocycles. The maximum absolute atomic E-state index is 14.2. The number of sulfonamides is 1. The summed E-state index contributed by atoms with van der Waals surface area (Å²) in [6.07, 6.45) is 0.517. The van der Waals surface area contributed by atoms with E-state index in [9.17, 15) is 12.8 Å². The van der Waals surface area contributed by atoms with Crippen LogP contribution in [0.3, 0.4) is 0 Å². The molecule has 6 nitrogen and oxygen atoms in total. The van der Waals surface area contributed by atoms with Gasteiger partial charge >= 0.3 is 0 Å². The number of hydrogen-bond donors (Lipinski definition) is 2. The third-order valence-electron chi connectivity index (χ3n) is 3.32. The second-order valence-electron chi connectivity index (χ2n) is 6.60. The molecule has 0 unspecified atom stereocenters. The zero-order valence-electron chi connectivity index (χ0n) is 14.0. The zero-order valence-corrected chi connectivity index (χ0v) is 17.2. The van der Waals surface area contributed by atoms with Crippen LogP contribution in [0.1, 0.15) is 32.8 Å². The first-order chi connectivity index (χ1) is 10.6. The van der Waals surface area contributed by atoms with Crippen LogP contribution in [0.5, 0.6) is 0 Å². The highest BCUT2D eigenvalue weighted by Crippen LogP contribution is 2.27. The zero-order chi connectivity index (χ0) is 17.3. The molecule has 1 aromatic rings. The summed E-state index contributed by atoms with van der Waals surface area (Å²) in [6.45, 7) is 6.42. The third kappa shape index (κ3) is 5.47. The van der Waals surface area contributed by atoms with Crippen LogP contribution in [0.25, 0.3) is 0 Å². The van der Waals surface area contributed by atoms with Gasteiger partial charge in [-0.25, -0.2) is 17.8 Å². The summed E-state index contributed by atoms with van der Waals surface area (Å²) < 4.78 is 39.1. The van der Waals surface area contributed by atoms with E-state index in [2.05, 4.69) is 10.3 Å². The van der Waals surface area contributed by atoms with Crippen molar-refractivity contribution in [1.29, 1.82) is 0 Å². The lowest BCUT2D eigenvalue weighted by Gasteiger charge is -2.21. The second kappa shape index (κ2) is 7.85. The molecule has 0 aromatic heterocycles. The second-order valence-corrected chi connectivity index (χ2v) is 8.62. The van der Waals surface area contributed by atoms with E-state index in [1.807, 2.05) is 20.8 Å². The molecule has 0 atom stereocenters. The highest BCUT2D eigenvalue weighted by Gasteiger charge is 2.30. The average molecular weight is 470 g/mol. The Hall–Kier alpha value is -1.10. The van der Waals surface area contributed by atoms with E-state index in [-0.39, 0.29) is 53.5 Å². The van der Waals surface area contributed by atoms with Crippen LogP contribution in [0.2, 0.25) is 0 Å². The van der Waals surface area contributed by atoms with Gasteiger partial charge in [0.2, 0.25) is 10.0 Å². The molecule has 1 aromatic carbocycles. The number of benzene rings is 1. The molecule has 1 saturated heterocycles. The number of nitrogens with one attached hydrogen (secondary N) is 1. The van der Waals surface area contributed by atoms with Crippen molar-refractivity contribution in [2.45, 2.75) is 39.3 Å². The Balaban J connectivity index is 0.00000288. The van der Waals surface area contributed by atoms with Crippen LogP contribution in [-0.4, -0.2) is 32.2 Å². The molecule has 3 N–H and O–H groups in total. The molecule has 1 aliphatic heterocycles. The monoisotopic (exact) mass is 470 g/mol. The van der Waals surface area contributed by atoms with E-state index in [0.29, 0.717) is 18.5 Å². The fourth-order valence-corrected chi connectivity index (χ4v) is 3.93. The number of hydrogen-bond acceptors (Lipinski definition) is 3. The van der Waals surface area contributed by atoms with Crippen LogP contribution in [0.4, 0.5) is 10.1 Å². The Morgan fingerprint density at radius 3 is 2.58 bits per heavy atom. The molecule has 0 bridgehead atoms. The van der Waals surface area contributed by atoms with Gasteiger partial charge in [-0.15, -0.1) is 24.0 Å². The van der Waals surface area contributed by atoms with Gasteiger partial charge in [-0.1, -0.05) is 6.07 Å². The maximum atomic E-state index is 14.2. The summed E-state index contributed by atoms with van der Waals surface area (Å²) in [4.78, 5) is 4.16. The lowest BCUT2D eigenvalue weighted by atomic mass is 10.1. The Bertz CT molecular complexity index is 717. The van der Waals surface area contributed by atoms with Gasteiger partial charge in [-0.2, -0.15) is 0 Å². The van der Waals surface area contributed by atoms with E-state index in [4.69, 9.17) is 5.73 Å². The smallest absolute Gasteiger partial charge is 0.235 e. The van der Waals surface area contributed by atoms with Crippen LogP contribution in [0, 0.1) is 5.82 Å². The molecule has 0 aliphatic carbocycles. The number of halogens is 2. The summed E-state index contributed by atoms with van der Waals surface area (Å²) in [5.41, 5.74) is 6.29. The van der Waals surface area contributed by atoms with E-state index in [0.717, 1.165) is 4.31 Å². The van der Waals surface area contributed by atoms with Crippen molar-refractivity contribution < 1.29 is 12.8 Å². The Morgan fingerprint density at radius 2 is 2.08 bits per heavy atom. The van der Waals surface area contributed by atoms with Crippen molar-refractivity contribution in [2.24, 2.45) is 10.7 Å². The first-order valence-electron chi connectivity index (χ1n) is 7.45. The number of guanidine groups is 1. The molecule has 0 saturated carbocycles. The topological polar surface area (TPSA) is 87.8 Å². The van der Waals surface area contributed by atoms with Crippen LogP contribution in [0.15, 0.2) is 23.2 Å². The van der Waals surface area contributed by atoms with E-state index < -0.39 is 15.8 Å². The average Bonchev–Trinajstić information content (AvgIpc) is 2.74. The predicted molar refractivity (Wildman–Crippen MR) is 106 cm³/mol. The van der Waals surface area contributed by atoms with Gasteiger partial charge in [0.05, 0.1) is 18.0 Å². The van der Waals surface area contributed by atoms with Gasteiger partial charge < -0.3 is 11.1 Å². The normalized spacial score (nSPS) is 17.5. The highest BCUT2D eigenvalue weighted by atomic mass is 127. The SMILES string of the molecule is CC(C)(C)NC(N)=NCc1ccc(N2CCCS2(=O)=O)c(F)c1.I. The molecule has 136 valence electrons. The van der Waals surface area contributed by atoms with Gasteiger partial charge in [0.15, 0.2) is 5.96 Å². The standard InChI is InChI=1S/C15H23FN4O2S.HI/c1-15(2,3)19-14(17)18-10-11-5-6-13(12(16)9-11)20-7-4-8-23(20,21)22;/h5-6,9H,4,7-8,10H2,1-3H3,(H3,17,18,19);1H. The maximum Gasteiger partial charge on any atom is 0.235 e. The first kappa shape index (κ1) is 20.9. The molecule has 0 spiro atoms. The molecule has 0 radical (unpaired) electrons. The van der Waals surface area contributed by atoms with Crippen molar-refractivity contribution in [1.82, 2.24) is 5.32 Å². The van der Waals surface area contributed by atoms with Crippen molar-refractivity contribution in [3.8, 4) is 0 Å². The van der Waals surface area contributed by atoms with Crippen molar-refractivity contribution in [2.75, 3.05) is 16.6 Å². The number of nitrogens with zero attached hydrogens (tertiary/aromatic N) is 2. The highest BCUT2D eigenvalue weighted by molar-refractivity contribution is 14.0. The molecule has 24 heavy (non-hydrogen) atoms. The Kier molecular flexibility index (Phi) is 6.85. The Morgan fingerprint density at radius 1 is 1.42 bits per heavy atom.